The number of aryl methyl sites for hydroxylation is 2. The Balaban J connectivity index is 1.76. The summed E-state index contributed by atoms with van der Waals surface area (Å²) in [6.07, 6.45) is 1.55. The lowest BCUT2D eigenvalue weighted by atomic mass is 10.1. The Labute approximate surface area is 162 Å². The van der Waals surface area contributed by atoms with Crippen molar-refractivity contribution in [2.75, 3.05) is 10.6 Å². The average Bonchev–Trinajstić information content (AvgIpc) is 2.65. The lowest BCUT2D eigenvalue weighted by Gasteiger charge is -2.12. The molecule has 2 aromatic carbocycles. The molecule has 0 unspecified atom stereocenters. The van der Waals surface area contributed by atoms with E-state index in [2.05, 4.69) is 21.7 Å². The van der Waals surface area contributed by atoms with E-state index >= 15 is 0 Å². The molecule has 0 aliphatic carbocycles. The molecule has 134 valence electrons. The minimum Gasteiger partial charge on any atom is -0.353 e. The van der Waals surface area contributed by atoms with Crippen LogP contribution < -0.4 is 10.6 Å². The summed E-state index contributed by atoms with van der Waals surface area (Å²) in [7, 11) is 0. The van der Waals surface area contributed by atoms with Gasteiger partial charge in [-0.1, -0.05) is 29.8 Å². The largest absolute Gasteiger partial charge is 0.353 e. The van der Waals surface area contributed by atoms with Crippen molar-refractivity contribution < 1.29 is 4.79 Å². The molecule has 2 N–H and O–H groups in total. The van der Waals surface area contributed by atoms with Crippen LogP contribution in [0.15, 0.2) is 54.7 Å². The number of halogens is 1. The quantitative estimate of drug-likeness (QED) is 0.654. The molecule has 0 aliphatic rings. The molecule has 0 radical (unpaired) electrons. The van der Waals surface area contributed by atoms with Gasteiger partial charge in [-0.3, -0.25) is 4.79 Å². The molecule has 0 aliphatic heterocycles. The summed E-state index contributed by atoms with van der Waals surface area (Å²) in [5, 5.41) is 15.6. The Morgan fingerprint density at radius 1 is 1.15 bits per heavy atom. The third-order valence-corrected chi connectivity index (χ3v) is 4.29. The molecule has 1 amide bonds. The van der Waals surface area contributed by atoms with Gasteiger partial charge in [0, 0.05) is 0 Å². The first-order valence-electron chi connectivity index (χ1n) is 8.28. The third-order valence-electron chi connectivity index (χ3n) is 3.99. The molecule has 3 aromatic rings. The van der Waals surface area contributed by atoms with E-state index in [0.29, 0.717) is 27.6 Å². The predicted octanol–water partition coefficient (Wildman–Crippen LogP) is 5.22. The molecule has 0 bridgehead atoms. The Bertz CT molecular complexity index is 1020. The van der Waals surface area contributed by atoms with Crippen LogP contribution in [0, 0.1) is 25.2 Å². The van der Waals surface area contributed by atoms with Crippen molar-refractivity contribution in [2.45, 2.75) is 13.8 Å². The molecule has 0 spiro atoms. The summed E-state index contributed by atoms with van der Waals surface area (Å²) in [5.41, 5.74) is 4.66. The van der Waals surface area contributed by atoms with Crippen molar-refractivity contribution in [3.05, 3.63) is 82.1 Å². The number of amides is 1. The zero-order valence-electron chi connectivity index (χ0n) is 14.9. The first kappa shape index (κ1) is 18.4. The van der Waals surface area contributed by atoms with Gasteiger partial charge in [0.1, 0.15) is 11.8 Å². The molecule has 3 rings (SSSR count). The maximum absolute atomic E-state index is 12.5. The van der Waals surface area contributed by atoms with Crippen molar-refractivity contribution in [3.63, 3.8) is 0 Å². The Kier molecular flexibility index (Phi) is 5.39. The molecule has 0 saturated carbocycles. The molecule has 0 fully saturated rings. The number of anilines is 3. The number of carbonyl (C=O) groups excluding carboxylic acids is 1. The summed E-state index contributed by atoms with van der Waals surface area (Å²) in [4.78, 5) is 16.7. The highest BCUT2D eigenvalue weighted by atomic mass is 35.5. The first-order chi connectivity index (χ1) is 13.0. The molecular formula is C21H17ClN4O. The minimum atomic E-state index is -0.340. The second kappa shape index (κ2) is 7.90. The van der Waals surface area contributed by atoms with Crippen molar-refractivity contribution >= 4 is 34.6 Å². The van der Waals surface area contributed by atoms with E-state index in [1.807, 2.05) is 26.0 Å². The Hall–Kier alpha value is -3.36. The first-order valence-corrected chi connectivity index (χ1v) is 8.66. The fraction of sp³-hybridized carbons (Fsp3) is 0.0952. The summed E-state index contributed by atoms with van der Waals surface area (Å²) in [5.74, 6) is -0.340. The molecule has 1 heterocycles. The summed E-state index contributed by atoms with van der Waals surface area (Å²) < 4.78 is 0. The highest BCUT2D eigenvalue weighted by Gasteiger charge is 2.12. The third kappa shape index (κ3) is 4.25. The monoisotopic (exact) mass is 376 g/mol. The summed E-state index contributed by atoms with van der Waals surface area (Å²) in [6, 6.07) is 16.4. The number of pyridine rings is 1. The van der Waals surface area contributed by atoms with Crippen molar-refractivity contribution in [1.82, 2.24) is 4.98 Å². The van der Waals surface area contributed by atoms with E-state index in [1.165, 1.54) is 0 Å². The van der Waals surface area contributed by atoms with Gasteiger partial charge in [0.05, 0.1) is 33.8 Å². The van der Waals surface area contributed by atoms with E-state index in [4.69, 9.17) is 16.9 Å². The van der Waals surface area contributed by atoms with Gasteiger partial charge in [-0.05, 0) is 55.3 Å². The van der Waals surface area contributed by atoms with Crippen LogP contribution in [-0.4, -0.2) is 10.9 Å². The van der Waals surface area contributed by atoms with Gasteiger partial charge in [-0.25, -0.2) is 4.98 Å². The smallest absolute Gasteiger partial charge is 0.274 e. The van der Waals surface area contributed by atoms with Crippen LogP contribution in [0.3, 0.4) is 0 Å². The molecule has 5 nitrogen and oxygen atoms in total. The number of aromatic nitrogens is 1. The van der Waals surface area contributed by atoms with Gasteiger partial charge in [0.2, 0.25) is 0 Å². The number of para-hydroxylation sites is 1. The van der Waals surface area contributed by atoms with Crippen LogP contribution in [0.5, 0.6) is 0 Å². The Morgan fingerprint density at radius 3 is 2.59 bits per heavy atom. The van der Waals surface area contributed by atoms with E-state index in [9.17, 15) is 4.79 Å². The number of nitrogens with one attached hydrogen (secondary N) is 2. The van der Waals surface area contributed by atoms with Gasteiger partial charge < -0.3 is 10.6 Å². The van der Waals surface area contributed by atoms with Crippen LogP contribution >= 0.6 is 11.6 Å². The number of rotatable bonds is 4. The van der Waals surface area contributed by atoms with Crippen molar-refractivity contribution in [2.24, 2.45) is 0 Å². The second-order valence-corrected chi connectivity index (χ2v) is 6.51. The van der Waals surface area contributed by atoms with E-state index in [-0.39, 0.29) is 11.6 Å². The van der Waals surface area contributed by atoms with Gasteiger partial charge in [0.15, 0.2) is 0 Å². The number of carbonyl (C=O) groups is 1. The van der Waals surface area contributed by atoms with E-state index in [1.54, 1.807) is 42.6 Å². The maximum Gasteiger partial charge on any atom is 0.274 e. The Morgan fingerprint density at radius 2 is 1.93 bits per heavy atom. The SMILES string of the molecule is Cc1cc(C)c(NC(=O)c2ccc(Nc3ccccc3C#N)cn2)c(Cl)c1. The molecular weight excluding hydrogens is 360 g/mol. The molecule has 0 saturated heterocycles. The number of hydrogen-bond donors (Lipinski definition) is 2. The van der Waals surface area contributed by atoms with E-state index < -0.39 is 0 Å². The lowest BCUT2D eigenvalue weighted by Crippen LogP contribution is -2.15. The average molecular weight is 377 g/mol. The van der Waals surface area contributed by atoms with Crippen molar-refractivity contribution in [3.8, 4) is 6.07 Å². The van der Waals surface area contributed by atoms with Gasteiger partial charge in [0.25, 0.3) is 5.91 Å². The highest BCUT2D eigenvalue weighted by molar-refractivity contribution is 6.34. The second-order valence-electron chi connectivity index (χ2n) is 6.11. The number of benzene rings is 2. The van der Waals surface area contributed by atoms with Crippen LogP contribution in [0.25, 0.3) is 0 Å². The number of nitrogens with zero attached hydrogens (tertiary/aromatic N) is 2. The van der Waals surface area contributed by atoms with Gasteiger partial charge in [-0.15, -0.1) is 0 Å². The molecule has 1 aromatic heterocycles. The summed E-state index contributed by atoms with van der Waals surface area (Å²) in [6.45, 7) is 3.84. The molecule has 0 atom stereocenters. The zero-order valence-corrected chi connectivity index (χ0v) is 15.6. The molecule has 27 heavy (non-hydrogen) atoms. The number of hydrogen-bond acceptors (Lipinski definition) is 4. The zero-order chi connectivity index (χ0) is 19.4. The van der Waals surface area contributed by atoms with Crippen LogP contribution in [0.1, 0.15) is 27.2 Å². The maximum atomic E-state index is 12.5. The minimum absolute atomic E-state index is 0.269. The molecule has 6 heteroatoms. The predicted molar refractivity (Wildman–Crippen MR) is 108 cm³/mol. The summed E-state index contributed by atoms with van der Waals surface area (Å²) >= 11 is 6.24. The van der Waals surface area contributed by atoms with Crippen molar-refractivity contribution in [1.29, 1.82) is 5.26 Å². The fourth-order valence-electron chi connectivity index (χ4n) is 2.70. The standard InChI is InChI=1S/C21H17ClN4O/c1-13-9-14(2)20(17(22)10-13)26-21(27)19-8-7-16(12-24-19)25-18-6-4-3-5-15(18)11-23/h3-10,12,25H,1-2H3,(H,26,27). The van der Waals surface area contributed by atoms with Gasteiger partial charge in [-0.2, -0.15) is 5.26 Å². The fourth-order valence-corrected chi connectivity index (χ4v) is 3.07. The topological polar surface area (TPSA) is 77.8 Å². The van der Waals surface area contributed by atoms with Crippen LogP contribution in [-0.2, 0) is 0 Å². The van der Waals surface area contributed by atoms with Crippen LogP contribution in [0.4, 0.5) is 17.1 Å². The van der Waals surface area contributed by atoms with Gasteiger partial charge >= 0.3 is 0 Å². The number of nitriles is 1. The lowest BCUT2D eigenvalue weighted by molar-refractivity contribution is 0.102. The van der Waals surface area contributed by atoms with Crippen LogP contribution in [0.2, 0.25) is 5.02 Å². The normalized spacial score (nSPS) is 10.1. The van der Waals surface area contributed by atoms with E-state index in [0.717, 1.165) is 11.1 Å². The highest BCUT2D eigenvalue weighted by Crippen LogP contribution is 2.28.